The predicted octanol–water partition coefficient (Wildman–Crippen LogP) is 0.655. The first-order valence-electron chi connectivity index (χ1n) is 6.33. The fourth-order valence-corrected chi connectivity index (χ4v) is 2.68. The maximum absolute atomic E-state index is 11.8. The molecule has 0 aromatic heterocycles. The molecular formula is C12H22N2O2. The van der Waals surface area contributed by atoms with Crippen LogP contribution in [0.4, 0.5) is 0 Å². The van der Waals surface area contributed by atoms with E-state index >= 15 is 0 Å². The van der Waals surface area contributed by atoms with Crippen molar-refractivity contribution >= 4 is 5.91 Å². The van der Waals surface area contributed by atoms with Crippen LogP contribution in [0.5, 0.6) is 0 Å². The number of amides is 1. The Hall–Kier alpha value is -0.610. The van der Waals surface area contributed by atoms with E-state index < -0.39 is 0 Å². The van der Waals surface area contributed by atoms with Crippen LogP contribution in [0, 0.1) is 11.8 Å². The summed E-state index contributed by atoms with van der Waals surface area (Å²) in [6.45, 7) is 3.49. The van der Waals surface area contributed by atoms with Crippen molar-refractivity contribution in [3.63, 3.8) is 0 Å². The Kier molecular flexibility index (Phi) is 3.82. The summed E-state index contributed by atoms with van der Waals surface area (Å²) in [6.07, 6.45) is 4.18. The topological polar surface area (TPSA) is 64.3 Å². The fraction of sp³-hybridized carbons (Fsp3) is 0.917. The molecule has 2 fully saturated rings. The molecule has 2 aliphatic rings. The molecule has 0 aromatic carbocycles. The number of rotatable bonds is 3. The predicted molar refractivity (Wildman–Crippen MR) is 61.8 cm³/mol. The van der Waals surface area contributed by atoms with Gasteiger partial charge in [0.05, 0.1) is 0 Å². The standard InChI is InChI=1S/C12H22N2O2/c1-8-5-6-16-11(8)12(15)14-7-9-3-2-4-10(9)13/h8-11H,2-7,13H2,1H3,(H,14,15). The molecule has 2 rings (SSSR count). The van der Waals surface area contributed by atoms with Gasteiger partial charge in [0.15, 0.2) is 0 Å². The van der Waals surface area contributed by atoms with Crippen LogP contribution in [-0.2, 0) is 9.53 Å². The van der Waals surface area contributed by atoms with Crippen LogP contribution < -0.4 is 11.1 Å². The number of nitrogens with two attached hydrogens (primary N) is 1. The first-order valence-corrected chi connectivity index (χ1v) is 6.33. The van der Waals surface area contributed by atoms with Crippen molar-refractivity contribution in [2.45, 2.75) is 44.8 Å². The summed E-state index contributed by atoms with van der Waals surface area (Å²) in [6, 6.07) is 0.266. The molecule has 1 aliphatic carbocycles. The van der Waals surface area contributed by atoms with Crippen LogP contribution in [0.3, 0.4) is 0 Å². The molecule has 16 heavy (non-hydrogen) atoms. The largest absolute Gasteiger partial charge is 0.368 e. The maximum atomic E-state index is 11.8. The lowest BCUT2D eigenvalue weighted by molar-refractivity contribution is -0.131. The molecule has 1 amide bonds. The van der Waals surface area contributed by atoms with Gasteiger partial charge in [-0.25, -0.2) is 0 Å². The van der Waals surface area contributed by atoms with E-state index in [4.69, 9.17) is 10.5 Å². The lowest BCUT2D eigenvalue weighted by Gasteiger charge is -2.19. The highest BCUT2D eigenvalue weighted by Crippen LogP contribution is 2.24. The fourth-order valence-electron chi connectivity index (χ4n) is 2.68. The second-order valence-corrected chi connectivity index (χ2v) is 5.16. The number of nitrogens with one attached hydrogen (secondary N) is 1. The van der Waals surface area contributed by atoms with Crippen molar-refractivity contribution in [3.05, 3.63) is 0 Å². The van der Waals surface area contributed by atoms with Gasteiger partial charge in [0.25, 0.3) is 0 Å². The summed E-state index contributed by atoms with van der Waals surface area (Å²) in [5.41, 5.74) is 5.96. The normalized spacial score (nSPS) is 38.9. The lowest BCUT2D eigenvalue weighted by Crippen LogP contribution is -2.42. The number of hydrogen-bond acceptors (Lipinski definition) is 3. The van der Waals surface area contributed by atoms with Gasteiger partial charge in [0.1, 0.15) is 6.10 Å². The van der Waals surface area contributed by atoms with Crippen molar-refractivity contribution in [1.82, 2.24) is 5.32 Å². The first-order chi connectivity index (χ1) is 7.68. The molecular weight excluding hydrogens is 204 g/mol. The second-order valence-electron chi connectivity index (χ2n) is 5.16. The average Bonchev–Trinajstić information content (AvgIpc) is 2.84. The van der Waals surface area contributed by atoms with Gasteiger partial charge in [-0.05, 0) is 31.1 Å². The number of carbonyl (C=O) groups is 1. The van der Waals surface area contributed by atoms with Gasteiger partial charge in [0, 0.05) is 19.2 Å². The van der Waals surface area contributed by atoms with Crippen LogP contribution in [0.15, 0.2) is 0 Å². The summed E-state index contributed by atoms with van der Waals surface area (Å²) in [7, 11) is 0. The van der Waals surface area contributed by atoms with E-state index in [1.807, 2.05) is 0 Å². The van der Waals surface area contributed by atoms with Crippen LogP contribution in [0.25, 0.3) is 0 Å². The zero-order valence-electron chi connectivity index (χ0n) is 9.95. The SMILES string of the molecule is CC1CCOC1C(=O)NCC1CCCC1N. The molecule has 1 heterocycles. The Labute approximate surface area is 96.9 Å². The maximum Gasteiger partial charge on any atom is 0.249 e. The highest BCUT2D eigenvalue weighted by atomic mass is 16.5. The van der Waals surface area contributed by atoms with Gasteiger partial charge in [-0.15, -0.1) is 0 Å². The Morgan fingerprint density at radius 2 is 2.25 bits per heavy atom. The van der Waals surface area contributed by atoms with Crippen molar-refractivity contribution in [2.75, 3.05) is 13.2 Å². The molecule has 0 spiro atoms. The molecule has 92 valence electrons. The second kappa shape index (κ2) is 5.15. The van der Waals surface area contributed by atoms with Crippen LogP contribution in [0.1, 0.15) is 32.6 Å². The zero-order valence-corrected chi connectivity index (χ0v) is 9.95. The number of ether oxygens (including phenoxy) is 1. The lowest BCUT2D eigenvalue weighted by atomic mass is 10.0. The van der Waals surface area contributed by atoms with E-state index in [9.17, 15) is 4.79 Å². The van der Waals surface area contributed by atoms with Gasteiger partial charge in [-0.3, -0.25) is 4.79 Å². The van der Waals surface area contributed by atoms with Gasteiger partial charge in [-0.1, -0.05) is 13.3 Å². The van der Waals surface area contributed by atoms with E-state index in [-0.39, 0.29) is 18.1 Å². The Morgan fingerprint density at radius 3 is 2.81 bits per heavy atom. The monoisotopic (exact) mass is 226 g/mol. The first kappa shape index (κ1) is 11.9. The molecule has 1 aliphatic heterocycles. The molecule has 1 saturated heterocycles. The van der Waals surface area contributed by atoms with Gasteiger partial charge in [-0.2, -0.15) is 0 Å². The van der Waals surface area contributed by atoms with E-state index in [1.54, 1.807) is 0 Å². The van der Waals surface area contributed by atoms with Crippen LogP contribution in [-0.4, -0.2) is 31.2 Å². The molecule has 4 heteroatoms. The quantitative estimate of drug-likeness (QED) is 0.743. The van der Waals surface area contributed by atoms with Crippen molar-refractivity contribution in [2.24, 2.45) is 17.6 Å². The van der Waals surface area contributed by atoms with Gasteiger partial charge in [0.2, 0.25) is 5.91 Å². The molecule has 3 N–H and O–H groups in total. The highest BCUT2D eigenvalue weighted by molar-refractivity contribution is 5.81. The summed E-state index contributed by atoms with van der Waals surface area (Å²) in [5.74, 6) is 0.849. The third-order valence-electron chi connectivity index (χ3n) is 3.90. The van der Waals surface area contributed by atoms with Crippen molar-refractivity contribution < 1.29 is 9.53 Å². The van der Waals surface area contributed by atoms with Crippen LogP contribution >= 0.6 is 0 Å². The van der Waals surface area contributed by atoms with Gasteiger partial charge < -0.3 is 15.8 Å². The number of hydrogen-bond donors (Lipinski definition) is 2. The minimum Gasteiger partial charge on any atom is -0.368 e. The Bertz CT molecular complexity index is 257. The van der Waals surface area contributed by atoms with Crippen molar-refractivity contribution in [1.29, 1.82) is 0 Å². The summed E-state index contributed by atoms with van der Waals surface area (Å²) in [4.78, 5) is 11.8. The molecule has 0 bridgehead atoms. The van der Waals surface area contributed by atoms with Gasteiger partial charge >= 0.3 is 0 Å². The Balaban J connectivity index is 1.75. The summed E-state index contributed by atoms with van der Waals surface area (Å²) in [5, 5.41) is 2.98. The summed E-state index contributed by atoms with van der Waals surface area (Å²) >= 11 is 0. The smallest absolute Gasteiger partial charge is 0.249 e. The average molecular weight is 226 g/mol. The molecule has 4 unspecified atom stereocenters. The van der Waals surface area contributed by atoms with E-state index in [2.05, 4.69) is 12.2 Å². The molecule has 0 radical (unpaired) electrons. The summed E-state index contributed by atoms with van der Waals surface area (Å²) < 4.78 is 5.43. The highest BCUT2D eigenvalue weighted by Gasteiger charge is 2.32. The van der Waals surface area contributed by atoms with E-state index in [1.165, 1.54) is 6.42 Å². The van der Waals surface area contributed by atoms with Crippen molar-refractivity contribution in [3.8, 4) is 0 Å². The zero-order chi connectivity index (χ0) is 11.5. The third kappa shape index (κ3) is 2.55. The Morgan fingerprint density at radius 1 is 1.44 bits per heavy atom. The molecule has 4 nitrogen and oxygen atoms in total. The van der Waals surface area contributed by atoms with E-state index in [0.717, 1.165) is 19.3 Å². The van der Waals surface area contributed by atoms with Crippen LogP contribution in [0.2, 0.25) is 0 Å². The molecule has 1 saturated carbocycles. The van der Waals surface area contributed by atoms with E-state index in [0.29, 0.717) is 25.0 Å². The minimum atomic E-state index is -0.238. The molecule has 4 atom stereocenters. The molecule has 0 aromatic rings. The minimum absolute atomic E-state index is 0.0455. The third-order valence-corrected chi connectivity index (χ3v) is 3.90. The number of carbonyl (C=O) groups excluding carboxylic acids is 1.